The smallest absolute Gasteiger partial charge is 0.0464 e. The van der Waals surface area contributed by atoms with Crippen LogP contribution in [0.15, 0.2) is 103 Å². The molecule has 0 radical (unpaired) electrons. The molecule has 0 unspecified atom stereocenters. The van der Waals surface area contributed by atoms with Crippen LogP contribution in [0, 0.1) is 0 Å². The largest absolute Gasteiger partial charge is 0.310 e. The van der Waals surface area contributed by atoms with Crippen LogP contribution in [-0.2, 0) is 6.42 Å². The fourth-order valence-electron chi connectivity index (χ4n) is 3.87. The Balaban J connectivity index is 1.64. The average molecular weight is 333 g/mol. The second kappa shape index (κ2) is 6.20. The topological polar surface area (TPSA) is 3.24 Å². The summed E-state index contributed by atoms with van der Waals surface area (Å²) in [6.07, 6.45) is 1.01. The van der Waals surface area contributed by atoms with E-state index in [1.807, 2.05) is 0 Å². The van der Waals surface area contributed by atoms with Crippen molar-refractivity contribution in [2.24, 2.45) is 0 Å². The second-order valence-electron chi connectivity index (χ2n) is 6.68. The predicted molar refractivity (Wildman–Crippen MR) is 109 cm³/mol. The highest BCUT2D eigenvalue weighted by Crippen LogP contribution is 2.41. The number of rotatable bonds is 3. The van der Waals surface area contributed by atoms with Crippen molar-refractivity contribution < 1.29 is 0 Å². The number of para-hydroxylation sites is 2. The lowest BCUT2D eigenvalue weighted by Crippen LogP contribution is -2.09. The Morgan fingerprint density at radius 3 is 1.73 bits per heavy atom. The van der Waals surface area contributed by atoms with Crippen molar-refractivity contribution in [2.75, 3.05) is 4.90 Å². The first kappa shape index (κ1) is 15.0. The lowest BCUT2D eigenvalue weighted by molar-refractivity contribution is 1.23. The van der Waals surface area contributed by atoms with Gasteiger partial charge in [-0.2, -0.15) is 0 Å². The van der Waals surface area contributed by atoms with Gasteiger partial charge < -0.3 is 4.90 Å². The molecule has 0 atom stereocenters. The molecule has 4 aromatic carbocycles. The van der Waals surface area contributed by atoms with E-state index in [4.69, 9.17) is 0 Å². The van der Waals surface area contributed by atoms with E-state index < -0.39 is 0 Å². The zero-order chi connectivity index (χ0) is 17.3. The highest BCUT2D eigenvalue weighted by atomic mass is 15.1. The highest BCUT2D eigenvalue weighted by molar-refractivity contribution is 5.82. The summed E-state index contributed by atoms with van der Waals surface area (Å²) in [5, 5.41) is 0. The summed E-state index contributed by atoms with van der Waals surface area (Å²) in [6.45, 7) is 0. The Morgan fingerprint density at radius 2 is 1.04 bits per heavy atom. The Kier molecular flexibility index (Phi) is 3.57. The van der Waals surface area contributed by atoms with Crippen LogP contribution in [0.3, 0.4) is 0 Å². The number of anilines is 3. The maximum Gasteiger partial charge on any atom is 0.0464 e. The number of hydrogen-bond acceptors (Lipinski definition) is 1. The third-order valence-corrected chi connectivity index (χ3v) is 5.06. The van der Waals surface area contributed by atoms with Crippen LogP contribution in [0.5, 0.6) is 0 Å². The third-order valence-electron chi connectivity index (χ3n) is 5.06. The summed E-state index contributed by atoms with van der Waals surface area (Å²) in [4.78, 5) is 2.32. The van der Waals surface area contributed by atoms with Crippen LogP contribution in [0.4, 0.5) is 17.1 Å². The van der Waals surface area contributed by atoms with Gasteiger partial charge in [-0.05, 0) is 65.1 Å². The van der Waals surface area contributed by atoms with Crippen LogP contribution < -0.4 is 4.90 Å². The predicted octanol–water partition coefficient (Wildman–Crippen LogP) is 6.73. The Bertz CT molecular complexity index is 1010. The molecule has 1 nitrogen and oxygen atoms in total. The maximum atomic E-state index is 2.34. The van der Waals surface area contributed by atoms with Gasteiger partial charge in [0.25, 0.3) is 0 Å². The van der Waals surface area contributed by atoms with Crippen molar-refractivity contribution in [2.45, 2.75) is 6.42 Å². The molecule has 4 aromatic rings. The average Bonchev–Trinajstić information content (AvgIpc) is 3.08. The molecule has 124 valence electrons. The van der Waals surface area contributed by atoms with Gasteiger partial charge in [-0.15, -0.1) is 0 Å². The molecule has 0 saturated carbocycles. The van der Waals surface area contributed by atoms with Crippen molar-refractivity contribution in [1.82, 2.24) is 0 Å². The molecule has 0 aliphatic heterocycles. The molecule has 0 amide bonds. The third kappa shape index (κ3) is 2.49. The van der Waals surface area contributed by atoms with Gasteiger partial charge in [0, 0.05) is 17.1 Å². The number of fused-ring (bicyclic) bond motifs is 3. The van der Waals surface area contributed by atoms with E-state index in [1.165, 1.54) is 39.3 Å². The van der Waals surface area contributed by atoms with Gasteiger partial charge in [0.05, 0.1) is 0 Å². The van der Waals surface area contributed by atoms with E-state index in [1.54, 1.807) is 0 Å². The fraction of sp³-hybridized carbons (Fsp3) is 0.0400. The molecule has 0 spiro atoms. The summed E-state index contributed by atoms with van der Waals surface area (Å²) in [7, 11) is 0. The number of hydrogen-bond donors (Lipinski definition) is 0. The molecule has 0 fully saturated rings. The van der Waals surface area contributed by atoms with E-state index in [2.05, 4.69) is 108 Å². The minimum Gasteiger partial charge on any atom is -0.310 e. The zero-order valence-corrected chi connectivity index (χ0v) is 14.5. The van der Waals surface area contributed by atoms with Gasteiger partial charge in [-0.1, -0.05) is 66.7 Å². The van der Waals surface area contributed by atoms with E-state index >= 15 is 0 Å². The van der Waals surface area contributed by atoms with Crippen LogP contribution in [-0.4, -0.2) is 0 Å². The summed E-state index contributed by atoms with van der Waals surface area (Å²) in [6, 6.07) is 36.7. The molecule has 26 heavy (non-hydrogen) atoms. The monoisotopic (exact) mass is 333 g/mol. The van der Waals surface area contributed by atoms with Crippen molar-refractivity contribution in [3.8, 4) is 11.1 Å². The molecule has 1 heteroatoms. The molecule has 0 aromatic heterocycles. The van der Waals surface area contributed by atoms with E-state index in [-0.39, 0.29) is 0 Å². The van der Waals surface area contributed by atoms with Crippen molar-refractivity contribution in [1.29, 1.82) is 0 Å². The zero-order valence-electron chi connectivity index (χ0n) is 14.5. The lowest BCUT2D eigenvalue weighted by atomic mass is 10.0. The maximum absolute atomic E-state index is 2.34. The minimum atomic E-state index is 1.01. The molecular formula is C25H19N. The number of benzene rings is 4. The van der Waals surface area contributed by atoms with Crippen LogP contribution in [0.2, 0.25) is 0 Å². The van der Waals surface area contributed by atoms with E-state index in [9.17, 15) is 0 Å². The van der Waals surface area contributed by atoms with Crippen molar-refractivity contribution >= 4 is 17.1 Å². The summed E-state index contributed by atoms with van der Waals surface area (Å²) in [5.74, 6) is 0. The minimum absolute atomic E-state index is 1.01. The first-order chi connectivity index (χ1) is 12.9. The van der Waals surface area contributed by atoms with Crippen molar-refractivity contribution in [3.05, 3.63) is 114 Å². The van der Waals surface area contributed by atoms with Gasteiger partial charge in [-0.3, -0.25) is 0 Å². The lowest BCUT2D eigenvalue weighted by Gasteiger charge is -2.26. The standard InChI is InChI=1S/C25H19N/c1-3-10-21(11-4-1)26(22-12-5-2-6-13-22)23-15-16-25-20(18-23)17-19-9-7-8-14-24(19)25/h1-16,18H,17H2. The van der Waals surface area contributed by atoms with Gasteiger partial charge >= 0.3 is 0 Å². The quantitative estimate of drug-likeness (QED) is 0.354. The SMILES string of the molecule is c1ccc(N(c2ccccc2)c2ccc3c(c2)Cc2ccccc2-3)cc1. The number of nitrogens with zero attached hydrogens (tertiary/aromatic N) is 1. The summed E-state index contributed by atoms with van der Waals surface area (Å²) >= 11 is 0. The summed E-state index contributed by atoms with van der Waals surface area (Å²) < 4.78 is 0. The molecule has 1 aliphatic rings. The van der Waals surface area contributed by atoms with Crippen LogP contribution >= 0.6 is 0 Å². The van der Waals surface area contributed by atoms with Crippen LogP contribution in [0.25, 0.3) is 11.1 Å². The van der Waals surface area contributed by atoms with E-state index in [0.717, 1.165) is 6.42 Å². The molecule has 1 aliphatic carbocycles. The molecule has 0 bridgehead atoms. The van der Waals surface area contributed by atoms with Gasteiger partial charge in [0.2, 0.25) is 0 Å². The molecule has 5 rings (SSSR count). The molecule has 0 N–H and O–H groups in total. The Hall–Kier alpha value is -3.32. The second-order valence-corrected chi connectivity index (χ2v) is 6.68. The Labute approximate surface area is 154 Å². The fourth-order valence-corrected chi connectivity index (χ4v) is 3.87. The highest BCUT2D eigenvalue weighted by Gasteiger charge is 2.20. The van der Waals surface area contributed by atoms with Gasteiger partial charge in [-0.25, -0.2) is 0 Å². The van der Waals surface area contributed by atoms with Gasteiger partial charge in [0.1, 0.15) is 0 Å². The Morgan fingerprint density at radius 1 is 0.462 bits per heavy atom. The normalized spacial score (nSPS) is 11.7. The first-order valence-corrected chi connectivity index (χ1v) is 9.01. The van der Waals surface area contributed by atoms with Gasteiger partial charge in [0.15, 0.2) is 0 Å². The molecule has 0 heterocycles. The van der Waals surface area contributed by atoms with E-state index in [0.29, 0.717) is 0 Å². The summed E-state index contributed by atoms with van der Waals surface area (Å²) in [5.41, 5.74) is 9.12. The van der Waals surface area contributed by atoms with Crippen molar-refractivity contribution in [3.63, 3.8) is 0 Å². The van der Waals surface area contributed by atoms with Crippen LogP contribution in [0.1, 0.15) is 11.1 Å². The molecular weight excluding hydrogens is 314 g/mol. The first-order valence-electron chi connectivity index (χ1n) is 9.01. The molecule has 0 saturated heterocycles.